The Balaban J connectivity index is 1.94. The van der Waals surface area contributed by atoms with Crippen LogP contribution in [0, 0.1) is 5.92 Å². The second-order valence-electron chi connectivity index (χ2n) is 6.72. The summed E-state index contributed by atoms with van der Waals surface area (Å²) >= 11 is 0. The van der Waals surface area contributed by atoms with Crippen LogP contribution < -0.4 is 10.2 Å². The second-order valence-corrected chi connectivity index (χ2v) is 6.72. The van der Waals surface area contributed by atoms with E-state index in [1.807, 2.05) is 36.1 Å². The molecule has 0 unspecified atom stereocenters. The number of carbonyl (C=O) groups is 1. The number of nitrogens with zero attached hydrogens (tertiary/aromatic N) is 1. The second kappa shape index (κ2) is 7.08. The number of benzene rings is 2. The van der Waals surface area contributed by atoms with Crippen molar-refractivity contribution in [3.8, 4) is 0 Å². The first-order chi connectivity index (χ1) is 11.6. The number of hydrogen-bond donors (Lipinski definition) is 1. The van der Waals surface area contributed by atoms with Crippen LogP contribution in [-0.2, 0) is 4.79 Å². The van der Waals surface area contributed by atoms with Gasteiger partial charge in [0, 0.05) is 23.3 Å². The summed E-state index contributed by atoms with van der Waals surface area (Å²) in [5.74, 6) is 0.287. The number of fused-ring (bicyclic) bond motifs is 1. The molecule has 3 atom stereocenters. The fourth-order valence-electron chi connectivity index (χ4n) is 3.43. The maximum absolute atomic E-state index is 12.9. The van der Waals surface area contributed by atoms with Crippen molar-refractivity contribution in [2.24, 2.45) is 5.92 Å². The van der Waals surface area contributed by atoms with Gasteiger partial charge in [0.15, 0.2) is 0 Å². The molecular weight excluding hydrogens is 296 g/mol. The Hall–Kier alpha value is -2.29. The summed E-state index contributed by atoms with van der Waals surface area (Å²) in [5.41, 5.74) is 3.37. The van der Waals surface area contributed by atoms with Crippen molar-refractivity contribution in [3.63, 3.8) is 0 Å². The third-order valence-electron chi connectivity index (χ3n) is 4.98. The van der Waals surface area contributed by atoms with E-state index in [0.717, 1.165) is 24.2 Å². The zero-order valence-electron chi connectivity index (χ0n) is 14.7. The number of carbonyl (C=O) groups excluding carboxylic acids is 1. The molecule has 3 nitrogen and oxygen atoms in total. The highest BCUT2D eigenvalue weighted by molar-refractivity contribution is 5.96. The van der Waals surface area contributed by atoms with Crippen molar-refractivity contribution in [1.29, 1.82) is 0 Å². The van der Waals surface area contributed by atoms with Crippen molar-refractivity contribution >= 4 is 17.3 Å². The number of nitrogens with one attached hydrogen (secondary N) is 1. The molecule has 2 aromatic rings. The lowest BCUT2D eigenvalue weighted by atomic mass is 9.90. The van der Waals surface area contributed by atoms with Gasteiger partial charge in [0.1, 0.15) is 0 Å². The standard InChI is InChI=1S/C21H26N2O/c1-4-15(2)21(24)23-16(3)14-19(18-12-8-9-13-20(18)23)22-17-10-6-5-7-11-17/h5-13,15-16,19,22H,4,14H2,1-3H3/t15-,16-,19+/m1/s1. The third-order valence-corrected chi connectivity index (χ3v) is 4.98. The fourth-order valence-corrected chi connectivity index (χ4v) is 3.43. The van der Waals surface area contributed by atoms with Gasteiger partial charge < -0.3 is 10.2 Å². The van der Waals surface area contributed by atoms with Crippen molar-refractivity contribution in [2.45, 2.75) is 45.7 Å². The van der Waals surface area contributed by atoms with Gasteiger partial charge in [-0.2, -0.15) is 0 Å². The zero-order valence-corrected chi connectivity index (χ0v) is 14.7. The van der Waals surface area contributed by atoms with Gasteiger partial charge in [-0.05, 0) is 43.5 Å². The minimum absolute atomic E-state index is 0.0548. The smallest absolute Gasteiger partial charge is 0.230 e. The Morgan fingerprint density at radius 1 is 1.17 bits per heavy atom. The molecule has 24 heavy (non-hydrogen) atoms. The molecule has 0 saturated carbocycles. The summed E-state index contributed by atoms with van der Waals surface area (Å²) < 4.78 is 0. The minimum atomic E-state index is 0.0548. The lowest BCUT2D eigenvalue weighted by molar-refractivity contribution is -0.122. The maximum atomic E-state index is 12.9. The zero-order chi connectivity index (χ0) is 17.1. The largest absolute Gasteiger partial charge is 0.378 e. The average Bonchev–Trinajstić information content (AvgIpc) is 2.61. The molecule has 1 amide bonds. The number of hydrogen-bond acceptors (Lipinski definition) is 2. The number of amides is 1. The van der Waals surface area contributed by atoms with Gasteiger partial charge in [-0.1, -0.05) is 50.2 Å². The monoisotopic (exact) mass is 322 g/mol. The van der Waals surface area contributed by atoms with Gasteiger partial charge in [-0.15, -0.1) is 0 Å². The topological polar surface area (TPSA) is 32.3 Å². The minimum Gasteiger partial charge on any atom is -0.378 e. The quantitative estimate of drug-likeness (QED) is 0.858. The van der Waals surface area contributed by atoms with Gasteiger partial charge in [-0.25, -0.2) is 0 Å². The van der Waals surface area contributed by atoms with Gasteiger partial charge in [0.2, 0.25) is 5.91 Å². The average molecular weight is 322 g/mol. The Labute approximate surface area is 144 Å². The van der Waals surface area contributed by atoms with Crippen LogP contribution in [0.2, 0.25) is 0 Å². The molecule has 1 aliphatic heterocycles. The third kappa shape index (κ3) is 3.16. The van der Waals surface area contributed by atoms with Gasteiger partial charge in [-0.3, -0.25) is 4.79 Å². The van der Waals surface area contributed by atoms with E-state index < -0.39 is 0 Å². The summed E-state index contributed by atoms with van der Waals surface area (Å²) in [6.07, 6.45) is 1.78. The molecule has 0 fully saturated rings. The molecule has 0 saturated heterocycles. The van der Waals surface area contributed by atoms with E-state index in [2.05, 4.69) is 49.5 Å². The Kier molecular flexibility index (Phi) is 4.89. The first-order valence-corrected chi connectivity index (χ1v) is 8.85. The van der Waals surface area contributed by atoms with Crippen LogP contribution in [0.15, 0.2) is 54.6 Å². The molecule has 1 heterocycles. The van der Waals surface area contributed by atoms with Crippen LogP contribution >= 0.6 is 0 Å². The highest BCUT2D eigenvalue weighted by Gasteiger charge is 2.34. The lowest BCUT2D eigenvalue weighted by Crippen LogP contribution is -2.46. The molecule has 0 aromatic heterocycles. The highest BCUT2D eigenvalue weighted by Crippen LogP contribution is 2.39. The normalized spacial score (nSPS) is 21.0. The Morgan fingerprint density at radius 2 is 1.83 bits per heavy atom. The maximum Gasteiger partial charge on any atom is 0.230 e. The summed E-state index contributed by atoms with van der Waals surface area (Å²) in [4.78, 5) is 14.9. The number of para-hydroxylation sites is 2. The predicted octanol–water partition coefficient (Wildman–Crippen LogP) is 5.01. The van der Waals surface area contributed by atoms with E-state index in [9.17, 15) is 4.79 Å². The molecule has 0 aliphatic carbocycles. The van der Waals surface area contributed by atoms with Crippen LogP contribution in [0.3, 0.4) is 0 Å². The number of anilines is 2. The summed E-state index contributed by atoms with van der Waals surface area (Å²) in [6.45, 7) is 6.24. The lowest BCUT2D eigenvalue weighted by Gasteiger charge is -2.41. The van der Waals surface area contributed by atoms with Crippen LogP contribution in [0.4, 0.5) is 11.4 Å². The molecule has 0 spiro atoms. The molecule has 2 aromatic carbocycles. The molecule has 1 aliphatic rings. The van der Waals surface area contributed by atoms with Gasteiger partial charge in [0.05, 0.1) is 6.04 Å². The first kappa shape index (κ1) is 16.6. The number of rotatable bonds is 4. The van der Waals surface area contributed by atoms with E-state index in [-0.39, 0.29) is 23.9 Å². The van der Waals surface area contributed by atoms with E-state index >= 15 is 0 Å². The summed E-state index contributed by atoms with van der Waals surface area (Å²) in [5, 5.41) is 3.63. The van der Waals surface area contributed by atoms with Crippen molar-refractivity contribution < 1.29 is 4.79 Å². The van der Waals surface area contributed by atoms with Crippen LogP contribution in [0.25, 0.3) is 0 Å². The van der Waals surface area contributed by atoms with Crippen molar-refractivity contribution in [3.05, 3.63) is 60.2 Å². The van der Waals surface area contributed by atoms with Crippen LogP contribution in [-0.4, -0.2) is 11.9 Å². The Morgan fingerprint density at radius 3 is 2.54 bits per heavy atom. The van der Waals surface area contributed by atoms with E-state index in [0.29, 0.717) is 0 Å². The van der Waals surface area contributed by atoms with Gasteiger partial charge in [0.25, 0.3) is 0 Å². The molecule has 1 N–H and O–H groups in total. The van der Waals surface area contributed by atoms with Crippen LogP contribution in [0.5, 0.6) is 0 Å². The predicted molar refractivity (Wildman–Crippen MR) is 100 cm³/mol. The molecule has 3 heteroatoms. The van der Waals surface area contributed by atoms with Gasteiger partial charge >= 0.3 is 0 Å². The summed E-state index contributed by atoms with van der Waals surface area (Å²) in [6, 6.07) is 19.0. The molecule has 0 radical (unpaired) electrons. The SMILES string of the molecule is CC[C@@H](C)C(=O)N1c2ccccc2[C@@H](Nc2ccccc2)C[C@H]1C. The van der Waals surface area contributed by atoms with E-state index in [1.54, 1.807) is 0 Å². The van der Waals surface area contributed by atoms with Crippen LogP contribution in [0.1, 0.15) is 45.2 Å². The Bertz CT molecular complexity index is 698. The molecular formula is C21H26N2O. The first-order valence-electron chi connectivity index (χ1n) is 8.85. The van der Waals surface area contributed by atoms with E-state index in [1.165, 1.54) is 5.56 Å². The fraction of sp³-hybridized carbons (Fsp3) is 0.381. The van der Waals surface area contributed by atoms with E-state index in [4.69, 9.17) is 0 Å². The summed E-state index contributed by atoms with van der Waals surface area (Å²) in [7, 11) is 0. The van der Waals surface area contributed by atoms with Crippen molar-refractivity contribution in [1.82, 2.24) is 0 Å². The molecule has 126 valence electrons. The highest BCUT2D eigenvalue weighted by atomic mass is 16.2. The van der Waals surface area contributed by atoms with Crippen molar-refractivity contribution in [2.75, 3.05) is 10.2 Å². The molecule has 0 bridgehead atoms. The molecule has 3 rings (SSSR count).